The molecule has 0 atom stereocenters. The second-order valence-corrected chi connectivity index (χ2v) is 8.15. The Labute approximate surface area is 145 Å². The van der Waals surface area contributed by atoms with Crippen molar-refractivity contribution in [2.45, 2.75) is 4.90 Å². The number of amides is 1. The summed E-state index contributed by atoms with van der Waals surface area (Å²) in [6, 6.07) is 10.6. The number of hydrogen-bond donors (Lipinski definition) is 0. The quantitative estimate of drug-likeness (QED) is 0.831. The number of rotatable bonds is 4. The first-order valence-electron chi connectivity index (χ1n) is 7.50. The standard InChI is InChI=1S/C16H18N2O4S2/c1-17(13-5-3-2-4-6-13)16(19)15-14(7-12-23-15)24(20,21)18-8-10-22-11-9-18/h2-7,12H,8-11H2,1H3. The van der Waals surface area contributed by atoms with Gasteiger partial charge in [-0.25, -0.2) is 8.42 Å². The number of nitrogens with zero attached hydrogens (tertiary/aromatic N) is 2. The lowest BCUT2D eigenvalue weighted by Crippen LogP contribution is -2.41. The summed E-state index contributed by atoms with van der Waals surface area (Å²) >= 11 is 1.14. The van der Waals surface area contributed by atoms with E-state index in [2.05, 4.69) is 0 Å². The first-order valence-corrected chi connectivity index (χ1v) is 9.82. The Balaban J connectivity index is 1.91. The molecule has 1 fully saturated rings. The second-order valence-electron chi connectivity index (χ2n) is 5.33. The molecular formula is C16H18N2O4S2. The summed E-state index contributed by atoms with van der Waals surface area (Å²) in [4.78, 5) is 14.5. The molecule has 1 aliphatic heterocycles. The van der Waals surface area contributed by atoms with E-state index in [0.29, 0.717) is 32.0 Å². The maximum absolute atomic E-state index is 12.8. The topological polar surface area (TPSA) is 66.9 Å². The zero-order valence-corrected chi connectivity index (χ0v) is 14.8. The highest BCUT2D eigenvalue weighted by molar-refractivity contribution is 7.89. The SMILES string of the molecule is CN(C(=O)c1sccc1S(=O)(=O)N1CCOCC1)c1ccccc1. The molecule has 1 aromatic carbocycles. The van der Waals surface area contributed by atoms with E-state index in [0.717, 1.165) is 11.3 Å². The van der Waals surface area contributed by atoms with Gasteiger partial charge in [0.2, 0.25) is 10.0 Å². The van der Waals surface area contributed by atoms with Gasteiger partial charge in [-0.15, -0.1) is 11.3 Å². The van der Waals surface area contributed by atoms with Gasteiger partial charge in [0.25, 0.3) is 5.91 Å². The van der Waals surface area contributed by atoms with Gasteiger partial charge >= 0.3 is 0 Å². The number of benzene rings is 1. The van der Waals surface area contributed by atoms with Crippen LogP contribution in [0.3, 0.4) is 0 Å². The lowest BCUT2D eigenvalue weighted by molar-refractivity contribution is 0.0730. The Morgan fingerprint density at radius 1 is 1.17 bits per heavy atom. The van der Waals surface area contributed by atoms with Crippen molar-refractivity contribution in [3.8, 4) is 0 Å². The number of morpholine rings is 1. The summed E-state index contributed by atoms with van der Waals surface area (Å²) in [6.07, 6.45) is 0. The van der Waals surface area contributed by atoms with Gasteiger partial charge in [-0.2, -0.15) is 4.31 Å². The van der Waals surface area contributed by atoms with Crippen LogP contribution in [0.1, 0.15) is 9.67 Å². The average Bonchev–Trinajstić information content (AvgIpc) is 3.12. The number of ether oxygens (including phenoxy) is 1. The van der Waals surface area contributed by atoms with E-state index in [4.69, 9.17) is 4.74 Å². The largest absolute Gasteiger partial charge is 0.379 e. The molecule has 1 aromatic heterocycles. The minimum absolute atomic E-state index is 0.0715. The van der Waals surface area contributed by atoms with Gasteiger partial charge in [0.05, 0.1) is 13.2 Å². The smallest absolute Gasteiger partial charge is 0.269 e. The normalized spacial score (nSPS) is 16.0. The van der Waals surface area contributed by atoms with Crippen LogP contribution < -0.4 is 4.90 Å². The Morgan fingerprint density at radius 3 is 2.50 bits per heavy atom. The van der Waals surface area contributed by atoms with E-state index in [1.54, 1.807) is 12.4 Å². The van der Waals surface area contributed by atoms with E-state index >= 15 is 0 Å². The fourth-order valence-corrected chi connectivity index (χ4v) is 5.28. The number of thiophene rings is 1. The van der Waals surface area contributed by atoms with E-state index in [1.165, 1.54) is 15.3 Å². The highest BCUT2D eigenvalue weighted by Crippen LogP contribution is 2.28. The van der Waals surface area contributed by atoms with Crippen molar-refractivity contribution in [1.29, 1.82) is 0 Å². The minimum atomic E-state index is -3.69. The number of para-hydroxylation sites is 1. The first kappa shape index (κ1) is 17.1. The maximum atomic E-state index is 12.8. The monoisotopic (exact) mass is 366 g/mol. The number of carbonyl (C=O) groups excluding carboxylic acids is 1. The molecule has 0 N–H and O–H groups in total. The van der Waals surface area contributed by atoms with E-state index in [9.17, 15) is 13.2 Å². The molecule has 1 aliphatic rings. The highest BCUT2D eigenvalue weighted by atomic mass is 32.2. The fourth-order valence-electron chi connectivity index (χ4n) is 2.50. The van der Waals surface area contributed by atoms with E-state index in [1.807, 2.05) is 30.3 Å². The van der Waals surface area contributed by atoms with Crippen LogP contribution in [-0.4, -0.2) is 52.0 Å². The van der Waals surface area contributed by atoms with Crippen LogP contribution >= 0.6 is 11.3 Å². The number of sulfonamides is 1. The molecule has 1 amide bonds. The predicted molar refractivity (Wildman–Crippen MR) is 93.1 cm³/mol. The van der Waals surface area contributed by atoms with E-state index in [-0.39, 0.29) is 15.7 Å². The molecule has 6 nitrogen and oxygen atoms in total. The Hall–Kier alpha value is -1.74. The van der Waals surface area contributed by atoms with Gasteiger partial charge in [0.15, 0.2) is 0 Å². The number of carbonyl (C=O) groups is 1. The van der Waals surface area contributed by atoms with Gasteiger partial charge in [-0.05, 0) is 23.6 Å². The molecule has 2 heterocycles. The van der Waals surface area contributed by atoms with Crippen LogP contribution in [0.25, 0.3) is 0 Å². The average molecular weight is 366 g/mol. The fraction of sp³-hybridized carbons (Fsp3) is 0.312. The molecule has 0 bridgehead atoms. The van der Waals surface area contributed by atoms with Crippen LogP contribution in [0.5, 0.6) is 0 Å². The molecule has 2 aromatic rings. The summed E-state index contributed by atoms with van der Waals surface area (Å²) < 4.78 is 32.3. The zero-order chi connectivity index (χ0) is 17.2. The first-order chi connectivity index (χ1) is 11.5. The molecule has 0 unspecified atom stereocenters. The third kappa shape index (κ3) is 3.23. The van der Waals surface area contributed by atoms with E-state index < -0.39 is 10.0 Å². The van der Waals surface area contributed by atoms with Crippen molar-refractivity contribution in [2.75, 3.05) is 38.3 Å². The van der Waals surface area contributed by atoms with Gasteiger partial charge in [-0.1, -0.05) is 18.2 Å². The Kier molecular flexibility index (Phi) is 5.00. The van der Waals surface area contributed by atoms with Crippen LogP contribution in [-0.2, 0) is 14.8 Å². The van der Waals surface area contributed by atoms with Gasteiger partial charge in [0, 0.05) is 25.8 Å². The van der Waals surface area contributed by atoms with Crippen molar-refractivity contribution in [2.24, 2.45) is 0 Å². The van der Waals surface area contributed by atoms with Crippen LogP contribution in [0.2, 0.25) is 0 Å². The molecule has 0 radical (unpaired) electrons. The van der Waals surface area contributed by atoms with Crippen molar-refractivity contribution in [3.05, 3.63) is 46.7 Å². The minimum Gasteiger partial charge on any atom is -0.379 e. The molecule has 3 rings (SSSR count). The second kappa shape index (κ2) is 7.02. The van der Waals surface area contributed by atoms with Gasteiger partial charge in [0.1, 0.15) is 9.77 Å². The summed E-state index contributed by atoms with van der Waals surface area (Å²) in [6.45, 7) is 1.35. The predicted octanol–water partition coefficient (Wildman–Crippen LogP) is 2.05. The molecular weight excluding hydrogens is 348 g/mol. The van der Waals surface area contributed by atoms with Gasteiger partial charge in [-0.3, -0.25) is 4.79 Å². The molecule has 0 spiro atoms. The molecule has 8 heteroatoms. The lowest BCUT2D eigenvalue weighted by atomic mass is 10.3. The van der Waals surface area contributed by atoms with Crippen molar-refractivity contribution in [3.63, 3.8) is 0 Å². The van der Waals surface area contributed by atoms with Gasteiger partial charge < -0.3 is 9.64 Å². The number of anilines is 1. The van der Waals surface area contributed by atoms with Crippen LogP contribution in [0, 0.1) is 0 Å². The Bertz CT molecular complexity index is 812. The third-order valence-electron chi connectivity index (χ3n) is 3.86. The zero-order valence-electron chi connectivity index (χ0n) is 13.2. The Morgan fingerprint density at radius 2 is 1.83 bits per heavy atom. The molecule has 128 valence electrons. The summed E-state index contributed by atoms with van der Waals surface area (Å²) in [7, 11) is -2.05. The summed E-state index contributed by atoms with van der Waals surface area (Å²) in [5, 5.41) is 1.64. The number of hydrogen-bond acceptors (Lipinski definition) is 5. The highest BCUT2D eigenvalue weighted by Gasteiger charge is 2.32. The molecule has 0 saturated carbocycles. The van der Waals surface area contributed by atoms with Crippen molar-refractivity contribution >= 4 is 33.0 Å². The summed E-state index contributed by atoms with van der Waals surface area (Å²) in [5.41, 5.74) is 0.714. The maximum Gasteiger partial charge on any atom is 0.269 e. The molecule has 0 aliphatic carbocycles. The molecule has 24 heavy (non-hydrogen) atoms. The van der Waals surface area contributed by atoms with Crippen LogP contribution in [0.4, 0.5) is 5.69 Å². The van der Waals surface area contributed by atoms with Crippen LogP contribution in [0.15, 0.2) is 46.7 Å². The van der Waals surface area contributed by atoms with Crippen molar-refractivity contribution in [1.82, 2.24) is 4.31 Å². The van der Waals surface area contributed by atoms with Crippen molar-refractivity contribution < 1.29 is 17.9 Å². The lowest BCUT2D eigenvalue weighted by Gasteiger charge is -2.26. The molecule has 1 saturated heterocycles. The summed E-state index contributed by atoms with van der Waals surface area (Å²) in [5.74, 6) is -0.331. The third-order valence-corrected chi connectivity index (χ3v) is 6.83.